The Morgan fingerprint density at radius 1 is 1.35 bits per heavy atom. The number of aromatic nitrogens is 2. The van der Waals surface area contributed by atoms with Gasteiger partial charge in [-0.3, -0.25) is 9.36 Å². The van der Waals surface area contributed by atoms with Gasteiger partial charge in [-0.2, -0.15) is 5.26 Å². The first-order valence-electron chi connectivity index (χ1n) is 6.45. The lowest BCUT2D eigenvalue weighted by molar-refractivity contribution is 0.519. The molecule has 2 heterocycles. The summed E-state index contributed by atoms with van der Waals surface area (Å²) >= 11 is 2.88. The van der Waals surface area contributed by atoms with Crippen LogP contribution in [0.1, 0.15) is 37.3 Å². The lowest BCUT2D eigenvalue weighted by atomic mass is 10.2. The third-order valence-corrected chi connectivity index (χ3v) is 5.24. The summed E-state index contributed by atoms with van der Waals surface area (Å²) in [5.74, 6) is 0. The van der Waals surface area contributed by atoms with Gasteiger partial charge in [-0.1, -0.05) is 11.8 Å². The number of aryl methyl sites for hydroxylation is 2. The van der Waals surface area contributed by atoms with Crippen LogP contribution in [0.25, 0.3) is 10.2 Å². The van der Waals surface area contributed by atoms with E-state index in [4.69, 9.17) is 5.26 Å². The Bertz CT molecular complexity index is 752. The van der Waals surface area contributed by atoms with Crippen molar-refractivity contribution in [1.29, 1.82) is 5.26 Å². The molecule has 1 atom stereocenters. The van der Waals surface area contributed by atoms with E-state index >= 15 is 0 Å². The molecule has 0 aliphatic heterocycles. The van der Waals surface area contributed by atoms with E-state index in [1.807, 2.05) is 34.6 Å². The highest BCUT2D eigenvalue weighted by atomic mass is 32.2. The zero-order valence-electron chi connectivity index (χ0n) is 12.2. The molecular weight excluding hydrogens is 290 g/mol. The largest absolute Gasteiger partial charge is 0.284 e. The summed E-state index contributed by atoms with van der Waals surface area (Å²) in [6.07, 6.45) is 0. The first kappa shape index (κ1) is 15.1. The highest BCUT2D eigenvalue weighted by Crippen LogP contribution is 2.30. The highest BCUT2D eigenvalue weighted by Gasteiger charge is 2.19. The van der Waals surface area contributed by atoms with Gasteiger partial charge in [0.2, 0.25) is 0 Å². The maximum absolute atomic E-state index is 12.7. The minimum atomic E-state index is -0.230. The van der Waals surface area contributed by atoms with Gasteiger partial charge in [0.1, 0.15) is 4.83 Å². The SMILES string of the molecule is Cc1sc2nc(S[C@H](C)C#N)n(C(C)C)c(=O)c2c1C. The lowest BCUT2D eigenvalue weighted by Gasteiger charge is -2.15. The molecule has 20 heavy (non-hydrogen) atoms. The quantitative estimate of drug-likeness (QED) is 0.641. The van der Waals surface area contributed by atoms with Crippen LogP contribution in [-0.4, -0.2) is 14.8 Å². The van der Waals surface area contributed by atoms with Gasteiger partial charge in [0, 0.05) is 10.9 Å². The molecule has 0 fully saturated rings. The average Bonchev–Trinajstić information content (AvgIpc) is 2.64. The highest BCUT2D eigenvalue weighted by molar-refractivity contribution is 8.00. The fourth-order valence-corrected chi connectivity index (χ4v) is 4.01. The van der Waals surface area contributed by atoms with E-state index in [1.54, 1.807) is 15.9 Å². The first-order valence-corrected chi connectivity index (χ1v) is 8.15. The van der Waals surface area contributed by atoms with Crippen molar-refractivity contribution in [3.8, 4) is 6.07 Å². The van der Waals surface area contributed by atoms with Crippen molar-refractivity contribution in [2.45, 2.75) is 51.1 Å². The number of hydrogen-bond acceptors (Lipinski definition) is 5. The molecule has 2 aromatic heterocycles. The zero-order chi connectivity index (χ0) is 15.0. The maximum atomic E-state index is 12.7. The number of hydrogen-bond donors (Lipinski definition) is 0. The predicted molar refractivity (Wildman–Crippen MR) is 84.7 cm³/mol. The van der Waals surface area contributed by atoms with Gasteiger partial charge in [-0.25, -0.2) is 4.98 Å². The summed E-state index contributed by atoms with van der Waals surface area (Å²) in [4.78, 5) is 19.2. The van der Waals surface area contributed by atoms with Crippen LogP contribution in [0, 0.1) is 25.2 Å². The standard InChI is InChI=1S/C14H17N3OS2/c1-7(2)17-13(18)11-9(4)10(5)20-12(11)16-14(17)19-8(3)6-15/h7-8H,1-5H3/t8-/m1/s1. The van der Waals surface area contributed by atoms with Crippen molar-refractivity contribution in [1.82, 2.24) is 9.55 Å². The van der Waals surface area contributed by atoms with E-state index in [-0.39, 0.29) is 16.9 Å². The second-order valence-corrected chi connectivity index (χ2v) is 7.53. The number of nitriles is 1. The number of thioether (sulfide) groups is 1. The van der Waals surface area contributed by atoms with Crippen LogP contribution >= 0.6 is 23.1 Å². The van der Waals surface area contributed by atoms with Crippen LogP contribution in [0.4, 0.5) is 0 Å². The topological polar surface area (TPSA) is 58.7 Å². The van der Waals surface area contributed by atoms with E-state index < -0.39 is 0 Å². The van der Waals surface area contributed by atoms with Crippen LogP contribution < -0.4 is 5.56 Å². The minimum Gasteiger partial charge on any atom is -0.284 e. The normalized spacial score (nSPS) is 12.8. The molecule has 0 saturated heterocycles. The number of rotatable bonds is 3. The second-order valence-electron chi connectivity index (χ2n) is 5.02. The Hall–Kier alpha value is -1.32. The average molecular weight is 307 g/mol. The van der Waals surface area contributed by atoms with Crippen molar-refractivity contribution in [3.63, 3.8) is 0 Å². The fourth-order valence-electron chi connectivity index (χ4n) is 2.01. The Morgan fingerprint density at radius 2 is 2.00 bits per heavy atom. The van der Waals surface area contributed by atoms with Crippen LogP contribution in [0.15, 0.2) is 9.95 Å². The van der Waals surface area contributed by atoms with Crippen molar-refractivity contribution in [3.05, 3.63) is 20.8 Å². The van der Waals surface area contributed by atoms with Crippen molar-refractivity contribution >= 4 is 33.3 Å². The van der Waals surface area contributed by atoms with Crippen molar-refractivity contribution in [2.24, 2.45) is 0 Å². The predicted octanol–water partition coefficient (Wildman–Crippen LogP) is 3.66. The molecule has 0 amide bonds. The summed E-state index contributed by atoms with van der Waals surface area (Å²) in [6, 6.07) is 2.20. The van der Waals surface area contributed by atoms with E-state index in [2.05, 4.69) is 11.1 Å². The Balaban J connectivity index is 2.78. The number of fused-ring (bicyclic) bond motifs is 1. The van der Waals surface area contributed by atoms with Gasteiger partial charge in [0.25, 0.3) is 5.56 Å². The van der Waals surface area contributed by atoms with Gasteiger partial charge in [0.05, 0.1) is 16.7 Å². The number of thiophene rings is 1. The molecule has 0 radical (unpaired) electrons. The summed E-state index contributed by atoms with van der Waals surface area (Å²) in [5, 5.41) is 10.1. The molecule has 0 aliphatic carbocycles. The molecule has 2 rings (SSSR count). The minimum absolute atomic E-state index is 0.000472. The van der Waals surface area contributed by atoms with Crippen LogP contribution in [0.2, 0.25) is 0 Å². The molecule has 0 aliphatic rings. The summed E-state index contributed by atoms with van der Waals surface area (Å²) in [7, 11) is 0. The van der Waals surface area contributed by atoms with Gasteiger partial charge in [0.15, 0.2) is 5.16 Å². The monoisotopic (exact) mass is 307 g/mol. The van der Waals surface area contributed by atoms with E-state index in [0.717, 1.165) is 20.7 Å². The Kier molecular flexibility index (Phi) is 4.21. The number of nitrogens with zero attached hydrogens (tertiary/aromatic N) is 3. The Morgan fingerprint density at radius 3 is 2.55 bits per heavy atom. The third kappa shape index (κ3) is 2.48. The van der Waals surface area contributed by atoms with Crippen LogP contribution in [0.5, 0.6) is 0 Å². The Labute approximate surface area is 126 Å². The van der Waals surface area contributed by atoms with Gasteiger partial charge in [-0.15, -0.1) is 11.3 Å². The summed E-state index contributed by atoms with van der Waals surface area (Å²) in [6.45, 7) is 9.71. The maximum Gasteiger partial charge on any atom is 0.263 e. The zero-order valence-corrected chi connectivity index (χ0v) is 13.9. The van der Waals surface area contributed by atoms with Gasteiger partial charge < -0.3 is 0 Å². The van der Waals surface area contributed by atoms with Crippen LogP contribution in [0.3, 0.4) is 0 Å². The molecule has 0 aromatic carbocycles. The van der Waals surface area contributed by atoms with Crippen LogP contribution in [-0.2, 0) is 0 Å². The smallest absolute Gasteiger partial charge is 0.263 e. The molecular formula is C14H17N3OS2. The van der Waals surface area contributed by atoms with E-state index in [9.17, 15) is 4.79 Å². The molecule has 2 aromatic rings. The molecule has 6 heteroatoms. The summed E-state index contributed by atoms with van der Waals surface area (Å²) in [5.41, 5.74) is 1.02. The molecule has 0 bridgehead atoms. The fraction of sp³-hybridized carbons (Fsp3) is 0.500. The second kappa shape index (κ2) is 5.58. The van der Waals surface area contributed by atoms with Gasteiger partial charge >= 0.3 is 0 Å². The molecule has 0 unspecified atom stereocenters. The molecule has 0 saturated carbocycles. The lowest BCUT2D eigenvalue weighted by Crippen LogP contribution is -2.25. The molecule has 0 N–H and O–H groups in total. The summed E-state index contributed by atoms with van der Waals surface area (Å²) < 4.78 is 1.69. The first-order chi connectivity index (χ1) is 9.36. The van der Waals surface area contributed by atoms with Gasteiger partial charge in [-0.05, 0) is 40.2 Å². The molecule has 0 spiro atoms. The molecule has 4 nitrogen and oxygen atoms in total. The van der Waals surface area contributed by atoms with E-state index in [0.29, 0.717) is 5.16 Å². The van der Waals surface area contributed by atoms with Crippen molar-refractivity contribution < 1.29 is 0 Å². The van der Waals surface area contributed by atoms with E-state index in [1.165, 1.54) is 11.8 Å². The molecule has 106 valence electrons. The van der Waals surface area contributed by atoms with Crippen molar-refractivity contribution in [2.75, 3.05) is 0 Å². The third-order valence-electron chi connectivity index (χ3n) is 3.18.